The van der Waals surface area contributed by atoms with Crippen LogP contribution in [0.3, 0.4) is 0 Å². The van der Waals surface area contributed by atoms with Crippen molar-refractivity contribution >= 4 is 27.5 Å². The lowest BCUT2D eigenvalue weighted by molar-refractivity contribution is -0.118. The molecule has 0 aliphatic heterocycles. The summed E-state index contributed by atoms with van der Waals surface area (Å²) in [4.78, 5) is 13.5. The summed E-state index contributed by atoms with van der Waals surface area (Å²) in [6.07, 6.45) is 1.26. The SMILES string of the molecule is COCCCC(=O)N(C)c1ccccc1Br. The largest absolute Gasteiger partial charge is 0.385 e. The molecule has 0 unspecified atom stereocenters. The molecule has 0 N–H and O–H groups in total. The fourth-order valence-corrected chi connectivity index (χ4v) is 1.94. The molecular weight excluding hydrogens is 270 g/mol. The van der Waals surface area contributed by atoms with Gasteiger partial charge in [0.2, 0.25) is 5.91 Å². The molecule has 1 amide bonds. The highest BCUT2D eigenvalue weighted by Crippen LogP contribution is 2.25. The number of ether oxygens (including phenoxy) is 1. The first-order valence-corrected chi connectivity index (χ1v) is 5.96. The number of nitrogens with zero attached hydrogens (tertiary/aromatic N) is 1. The van der Waals surface area contributed by atoms with E-state index < -0.39 is 0 Å². The van der Waals surface area contributed by atoms with Gasteiger partial charge in [0.15, 0.2) is 0 Å². The average molecular weight is 286 g/mol. The van der Waals surface area contributed by atoms with Crippen LogP contribution in [0.15, 0.2) is 28.7 Å². The number of halogens is 1. The van der Waals surface area contributed by atoms with Gasteiger partial charge in [-0.1, -0.05) is 12.1 Å². The van der Waals surface area contributed by atoms with Crippen molar-refractivity contribution in [2.24, 2.45) is 0 Å². The fraction of sp³-hybridized carbons (Fsp3) is 0.417. The maximum atomic E-state index is 11.8. The van der Waals surface area contributed by atoms with Gasteiger partial charge in [-0.25, -0.2) is 0 Å². The van der Waals surface area contributed by atoms with E-state index >= 15 is 0 Å². The van der Waals surface area contributed by atoms with Crippen LogP contribution in [0.4, 0.5) is 5.69 Å². The number of carbonyl (C=O) groups excluding carboxylic acids is 1. The summed E-state index contributed by atoms with van der Waals surface area (Å²) >= 11 is 3.43. The molecular formula is C12H16BrNO2. The first kappa shape index (κ1) is 13.2. The molecule has 0 heterocycles. The average Bonchev–Trinajstić information content (AvgIpc) is 2.29. The number of hydrogen-bond acceptors (Lipinski definition) is 2. The van der Waals surface area contributed by atoms with Crippen LogP contribution < -0.4 is 4.90 Å². The number of amides is 1. The molecule has 0 fully saturated rings. The normalized spacial score (nSPS) is 10.2. The number of benzene rings is 1. The van der Waals surface area contributed by atoms with E-state index in [-0.39, 0.29) is 5.91 Å². The topological polar surface area (TPSA) is 29.5 Å². The molecule has 1 aromatic carbocycles. The molecule has 0 aromatic heterocycles. The van der Waals surface area contributed by atoms with E-state index in [9.17, 15) is 4.79 Å². The van der Waals surface area contributed by atoms with E-state index in [4.69, 9.17) is 4.74 Å². The zero-order chi connectivity index (χ0) is 12.0. The molecule has 0 aliphatic rings. The van der Waals surface area contributed by atoms with Gasteiger partial charge in [0.05, 0.1) is 5.69 Å². The highest BCUT2D eigenvalue weighted by atomic mass is 79.9. The third-order valence-electron chi connectivity index (χ3n) is 2.33. The Morgan fingerprint density at radius 1 is 1.44 bits per heavy atom. The molecule has 3 nitrogen and oxygen atoms in total. The van der Waals surface area contributed by atoms with Crippen molar-refractivity contribution in [2.45, 2.75) is 12.8 Å². The van der Waals surface area contributed by atoms with Crippen LogP contribution >= 0.6 is 15.9 Å². The maximum Gasteiger partial charge on any atom is 0.226 e. The van der Waals surface area contributed by atoms with E-state index in [2.05, 4.69) is 15.9 Å². The van der Waals surface area contributed by atoms with Crippen molar-refractivity contribution < 1.29 is 9.53 Å². The number of rotatable bonds is 5. The molecule has 0 bridgehead atoms. The van der Waals surface area contributed by atoms with E-state index in [1.54, 1.807) is 19.1 Å². The van der Waals surface area contributed by atoms with Gasteiger partial charge < -0.3 is 9.64 Å². The Kier molecular flexibility index (Phi) is 5.49. The smallest absolute Gasteiger partial charge is 0.226 e. The molecule has 88 valence electrons. The minimum Gasteiger partial charge on any atom is -0.385 e. The molecule has 0 atom stereocenters. The lowest BCUT2D eigenvalue weighted by Crippen LogP contribution is -2.26. The molecule has 0 spiro atoms. The Balaban J connectivity index is 2.60. The molecule has 1 aromatic rings. The predicted octanol–water partition coefficient (Wildman–Crippen LogP) is 2.84. The van der Waals surface area contributed by atoms with Crippen LogP contribution in [0.5, 0.6) is 0 Å². The van der Waals surface area contributed by atoms with Gasteiger partial charge >= 0.3 is 0 Å². The number of anilines is 1. The van der Waals surface area contributed by atoms with E-state index in [1.165, 1.54) is 0 Å². The summed E-state index contributed by atoms with van der Waals surface area (Å²) < 4.78 is 5.85. The highest BCUT2D eigenvalue weighted by molar-refractivity contribution is 9.10. The molecule has 0 radical (unpaired) electrons. The van der Waals surface area contributed by atoms with Crippen molar-refractivity contribution in [3.05, 3.63) is 28.7 Å². The van der Waals surface area contributed by atoms with Crippen molar-refractivity contribution in [3.8, 4) is 0 Å². The van der Waals surface area contributed by atoms with E-state index in [1.807, 2.05) is 24.3 Å². The van der Waals surface area contributed by atoms with Crippen molar-refractivity contribution in [2.75, 3.05) is 25.7 Å². The number of para-hydroxylation sites is 1. The summed E-state index contributed by atoms with van der Waals surface area (Å²) in [5, 5.41) is 0. The van der Waals surface area contributed by atoms with E-state index in [0.717, 1.165) is 16.6 Å². The number of carbonyl (C=O) groups is 1. The standard InChI is InChI=1S/C12H16BrNO2/c1-14(12(15)8-5-9-16-2)11-7-4-3-6-10(11)13/h3-4,6-7H,5,8-9H2,1-2H3. The minimum absolute atomic E-state index is 0.101. The summed E-state index contributed by atoms with van der Waals surface area (Å²) in [6.45, 7) is 0.621. The van der Waals surface area contributed by atoms with Gasteiger partial charge in [0, 0.05) is 31.7 Å². The quantitative estimate of drug-likeness (QED) is 0.779. The lowest BCUT2D eigenvalue weighted by Gasteiger charge is -2.18. The summed E-state index contributed by atoms with van der Waals surface area (Å²) in [7, 11) is 3.43. The Hall–Kier alpha value is -0.870. The van der Waals surface area contributed by atoms with Crippen LogP contribution in [0, 0.1) is 0 Å². The fourth-order valence-electron chi connectivity index (χ4n) is 1.39. The van der Waals surface area contributed by atoms with Crippen molar-refractivity contribution in [1.82, 2.24) is 0 Å². The van der Waals surface area contributed by atoms with E-state index in [0.29, 0.717) is 13.0 Å². The highest BCUT2D eigenvalue weighted by Gasteiger charge is 2.12. The van der Waals surface area contributed by atoms with Crippen molar-refractivity contribution in [1.29, 1.82) is 0 Å². The first-order chi connectivity index (χ1) is 7.66. The minimum atomic E-state index is 0.101. The van der Waals surface area contributed by atoms with Gasteiger partial charge in [-0.2, -0.15) is 0 Å². The Bertz CT molecular complexity index is 355. The second-order valence-corrected chi connectivity index (χ2v) is 4.35. The third-order valence-corrected chi connectivity index (χ3v) is 3.00. The van der Waals surface area contributed by atoms with Gasteiger partial charge in [-0.05, 0) is 34.5 Å². The first-order valence-electron chi connectivity index (χ1n) is 5.17. The zero-order valence-corrected chi connectivity index (χ0v) is 11.2. The second-order valence-electron chi connectivity index (χ2n) is 3.50. The molecule has 4 heteroatoms. The summed E-state index contributed by atoms with van der Waals surface area (Å²) in [5.41, 5.74) is 0.893. The van der Waals surface area contributed by atoms with Crippen LogP contribution in [0.25, 0.3) is 0 Å². The van der Waals surface area contributed by atoms with Crippen LogP contribution in [-0.4, -0.2) is 26.7 Å². The number of methoxy groups -OCH3 is 1. The van der Waals surface area contributed by atoms with Gasteiger partial charge in [-0.15, -0.1) is 0 Å². The number of hydrogen-bond donors (Lipinski definition) is 0. The third kappa shape index (κ3) is 3.61. The van der Waals surface area contributed by atoms with Crippen LogP contribution in [-0.2, 0) is 9.53 Å². The predicted molar refractivity (Wildman–Crippen MR) is 68.7 cm³/mol. The molecule has 16 heavy (non-hydrogen) atoms. The van der Waals surface area contributed by atoms with Gasteiger partial charge in [0.25, 0.3) is 0 Å². The van der Waals surface area contributed by atoms with Crippen molar-refractivity contribution in [3.63, 3.8) is 0 Å². The van der Waals surface area contributed by atoms with Crippen LogP contribution in [0.2, 0.25) is 0 Å². The summed E-state index contributed by atoms with van der Waals surface area (Å²) in [6, 6.07) is 7.68. The van der Waals surface area contributed by atoms with Gasteiger partial charge in [-0.3, -0.25) is 4.79 Å². The molecule has 0 saturated heterocycles. The molecule has 1 rings (SSSR count). The van der Waals surface area contributed by atoms with Gasteiger partial charge in [0.1, 0.15) is 0 Å². The summed E-state index contributed by atoms with van der Waals surface area (Å²) in [5.74, 6) is 0.101. The molecule has 0 saturated carbocycles. The lowest BCUT2D eigenvalue weighted by atomic mass is 10.2. The monoisotopic (exact) mass is 285 g/mol. The Labute approximate surface area is 105 Å². The molecule has 0 aliphatic carbocycles. The Morgan fingerprint density at radius 2 is 2.12 bits per heavy atom. The second kappa shape index (κ2) is 6.66. The maximum absolute atomic E-state index is 11.8. The van der Waals surface area contributed by atoms with Crippen LogP contribution in [0.1, 0.15) is 12.8 Å². The Morgan fingerprint density at radius 3 is 2.75 bits per heavy atom. The zero-order valence-electron chi connectivity index (χ0n) is 9.57.